The van der Waals surface area contributed by atoms with Gasteiger partial charge in [0.15, 0.2) is 5.78 Å². The molecule has 0 bridgehead atoms. The minimum atomic E-state index is -0.357. The van der Waals surface area contributed by atoms with Crippen LogP contribution in [0.25, 0.3) is 0 Å². The zero-order chi connectivity index (χ0) is 16.8. The SMILES string of the molecule is O=C(CCN1CCNCC1Cc1ccccc1)c1cccc(F)c1. The number of carbonyl (C=O) groups excluding carboxylic acids is 1. The van der Waals surface area contributed by atoms with E-state index in [2.05, 4.69) is 34.5 Å². The molecule has 24 heavy (non-hydrogen) atoms. The van der Waals surface area contributed by atoms with E-state index < -0.39 is 0 Å². The Bertz CT molecular complexity index is 674. The Morgan fingerprint density at radius 2 is 2.00 bits per heavy atom. The van der Waals surface area contributed by atoms with Crippen LogP contribution < -0.4 is 5.32 Å². The normalized spacial score (nSPS) is 18.5. The van der Waals surface area contributed by atoms with Gasteiger partial charge in [0.1, 0.15) is 5.82 Å². The van der Waals surface area contributed by atoms with E-state index in [0.717, 1.165) is 26.1 Å². The van der Waals surface area contributed by atoms with Crippen molar-refractivity contribution < 1.29 is 9.18 Å². The number of hydrogen-bond acceptors (Lipinski definition) is 3. The van der Waals surface area contributed by atoms with Crippen LogP contribution in [0, 0.1) is 5.82 Å². The molecule has 2 aromatic carbocycles. The summed E-state index contributed by atoms with van der Waals surface area (Å²) in [5, 5.41) is 3.44. The number of rotatable bonds is 6. The maximum atomic E-state index is 13.3. The second-order valence-corrected chi connectivity index (χ2v) is 6.27. The fourth-order valence-corrected chi connectivity index (χ4v) is 3.24. The first-order valence-corrected chi connectivity index (χ1v) is 8.50. The molecule has 1 aliphatic rings. The highest BCUT2D eigenvalue weighted by Crippen LogP contribution is 2.13. The molecule has 1 fully saturated rings. The molecule has 0 radical (unpaired) electrons. The maximum Gasteiger partial charge on any atom is 0.164 e. The van der Waals surface area contributed by atoms with E-state index in [4.69, 9.17) is 0 Å². The van der Waals surface area contributed by atoms with Crippen molar-refractivity contribution in [3.8, 4) is 0 Å². The summed E-state index contributed by atoms with van der Waals surface area (Å²) in [5.41, 5.74) is 1.78. The summed E-state index contributed by atoms with van der Waals surface area (Å²) >= 11 is 0. The van der Waals surface area contributed by atoms with E-state index in [9.17, 15) is 9.18 Å². The second-order valence-electron chi connectivity index (χ2n) is 6.27. The molecule has 0 amide bonds. The topological polar surface area (TPSA) is 32.3 Å². The molecule has 1 aliphatic heterocycles. The van der Waals surface area contributed by atoms with Crippen LogP contribution in [-0.2, 0) is 6.42 Å². The third kappa shape index (κ3) is 4.49. The summed E-state index contributed by atoms with van der Waals surface area (Å²) in [4.78, 5) is 14.7. The Morgan fingerprint density at radius 1 is 1.17 bits per heavy atom. The zero-order valence-electron chi connectivity index (χ0n) is 13.7. The third-order valence-corrected chi connectivity index (χ3v) is 4.56. The first kappa shape index (κ1) is 16.8. The van der Waals surface area contributed by atoms with Crippen molar-refractivity contribution in [2.75, 3.05) is 26.2 Å². The van der Waals surface area contributed by atoms with Crippen molar-refractivity contribution in [1.82, 2.24) is 10.2 Å². The van der Waals surface area contributed by atoms with Crippen LogP contribution in [0.4, 0.5) is 4.39 Å². The quantitative estimate of drug-likeness (QED) is 0.829. The Morgan fingerprint density at radius 3 is 2.79 bits per heavy atom. The lowest BCUT2D eigenvalue weighted by molar-refractivity contribution is 0.0935. The molecule has 0 saturated carbocycles. The second kappa shape index (κ2) is 8.18. The summed E-state index contributed by atoms with van der Waals surface area (Å²) < 4.78 is 13.3. The fourth-order valence-electron chi connectivity index (χ4n) is 3.24. The summed E-state index contributed by atoms with van der Waals surface area (Å²) in [6.45, 7) is 3.53. The lowest BCUT2D eigenvalue weighted by Gasteiger charge is -2.36. The predicted molar refractivity (Wildman–Crippen MR) is 93.7 cm³/mol. The van der Waals surface area contributed by atoms with Gasteiger partial charge < -0.3 is 5.32 Å². The van der Waals surface area contributed by atoms with E-state index in [0.29, 0.717) is 24.6 Å². The molecular formula is C20H23FN2O. The van der Waals surface area contributed by atoms with Gasteiger partial charge in [0.2, 0.25) is 0 Å². The fraction of sp³-hybridized carbons (Fsp3) is 0.350. The van der Waals surface area contributed by atoms with Gasteiger partial charge in [-0.25, -0.2) is 4.39 Å². The highest BCUT2D eigenvalue weighted by atomic mass is 19.1. The van der Waals surface area contributed by atoms with Gasteiger partial charge in [-0.1, -0.05) is 42.5 Å². The molecule has 126 valence electrons. The maximum absolute atomic E-state index is 13.3. The summed E-state index contributed by atoms with van der Waals surface area (Å²) in [5.74, 6) is -0.350. The lowest BCUT2D eigenvalue weighted by Crippen LogP contribution is -2.52. The van der Waals surface area contributed by atoms with Gasteiger partial charge in [0, 0.05) is 44.2 Å². The van der Waals surface area contributed by atoms with Crippen LogP contribution >= 0.6 is 0 Å². The lowest BCUT2D eigenvalue weighted by atomic mass is 10.0. The molecule has 4 heteroatoms. The van der Waals surface area contributed by atoms with Crippen LogP contribution in [0.3, 0.4) is 0 Å². The predicted octanol–water partition coefficient (Wildman–Crippen LogP) is 2.92. The smallest absolute Gasteiger partial charge is 0.164 e. The van der Waals surface area contributed by atoms with Crippen LogP contribution in [0.5, 0.6) is 0 Å². The number of nitrogens with one attached hydrogen (secondary N) is 1. The minimum Gasteiger partial charge on any atom is -0.314 e. The molecular weight excluding hydrogens is 303 g/mol. The van der Waals surface area contributed by atoms with Crippen molar-refractivity contribution in [2.24, 2.45) is 0 Å². The molecule has 1 atom stereocenters. The van der Waals surface area contributed by atoms with Crippen molar-refractivity contribution >= 4 is 5.78 Å². The highest BCUT2D eigenvalue weighted by molar-refractivity contribution is 5.96. The summed E-state index contributed by atoms with van der Waals surface area (Å²) in [7, 11) is 0. The van der Waals surface area contributed by atoms with Gasteiger partial charge >= 0.3 is 0 Å². The Balaban J connectivity index is 1.58. The van der Waals surface area contributed by atoms with Gasteiger partial charge in [-0.3, -0.25) is 9.69 Å². The van der Waals surface area contributed by atoms with Crippen molar-refractivity contribution in [1.29, 1.82) is 0 Å². The number of benzene rings is 2. The number of nitrogens with zero attached hydrogens (tertiary/aromatic N) is 1. The van der Waals surface area contributed by atoms with E-state index in [-0.39, 0.29) is 11.6 Å². The Kier molecular flexibility index (Phi) is 5.72. The standard InChI is InChI=1S/C20H23FN2O/c21-18-8-4-7-17(14-18)20(24)9-11-23-12-10-22-15-19(23)13-16-5-2-1-3-6-16/h1-8,14,19,22H,9-13,15H2. The van der Waals surface area contributed by atoms with Crippen LogP contribution in [0.15, 0.2) is 54.6 Å². The number of halogens is 1. The largest absolute Gasteiger partial charge is 0.314 e. The third-order valence-electron chi connectivity index (χ3n) is 4.56. The number of hydrogen-bond donors (Lipinski definition) is 1. The minimum absolute atomic E-state index is 0.00601. The molecule has 1 N–H and O–H groups in total. The van der Waals surface area contributed by atoms with E-state index in [1.807, 2.05) is 6.07 Å². The molecule has 0 spiro atoms. The first-order valence-electron chi connectivity index (χ1n) is 8.50. The van der Waals surface area contributed by atoms with Gasteiger partial charge in [0.05, 0.1) is 0 Å². The number of Topliss-reactive ketones (excluding diaryl/α,β-unsaturated/α-hetero) is 1. The average Bonchev–Trinajstić information content (AvgIpc) is 2.61. The van der Waals surface area contributed by atoms with Gasteiger partial charge in [-0.15, -0.1) is 0 Å². The molecule has 2 aromatic rings. The number of carbonyl (C=O) groups is 1. The van der Waals surface area contributed by atoms with Crippen LogP contribution in [-0.4, -0.2) is 42.9 Å². The monoisotopic (exact) mass is 326 g/mol. The van der Waals surface area contributed by atoms with E-state index >= 15 is 0 Å². The highest BCUT2D eigenvalue weighted by Gasteiger charge is 2.23. The molecule has 1 saturated heterocycles. The number of ketones is 1. The summed E-state index contributed by atoms with van der Waals surface area (Å²) in [6, 6.07) is 16.8. The number of piperazine rings is 1. The molecule has 0 aromatic heterocycles. The first-order chi connectivity index (χ1) is 11.7. The molecule has 0 aliphatic carbocycles. The Labute approximate surface area is 142 Å². The van der Waals surface area contributed by atoms with Gasteiger partial charge in [0.25, 0.3) is 0 Å². The van der Waals surface area contributed by atoms with E-state index in [1.165, 1.54) is 17.7 Å². The van der Waals surface area contributed by atoms with Crippen LogP contribution in [0.2, 0.25) is 0 Å². The van der Waals surface area contributed by atoms with Gasteiger partial charge in [-0.05, 0) is 24.1 Å². The van der Waals surface area contributed by atoms with Gasteiger partial charge in [-0.2, -0.15) is 0 Å². The summed E-state index contributed by atoms with van der Waals surface area (Å²) in [6.07, 6.45) is 1.40. The molecule has 3 rings (SSSR count). The molecule has 1 heterocycles. The molecule has 3 nitrogen and oxygen atoms in total. The van der Waals surface area contributed by atoms with E-state index in [1.54, 1.807) is 12.1 Å². The zero-order valence-corrected chi connectivity index (χ0v) is 13.7. The molecule has 1 unspecified atom stereocenters. The van der Waals surface area contributed by atoms with Crippen LogP contribution in [0.1, 0.15) is 22.3 Å². The average molecular weight is 326 g/mol. The van der Waals surface area contributed by atoms with Crippen molar-refractivity contribution in [3.05, 3.63) is 71.5 Å². The Hall–Kier alpha value is -2.04. The van der Waals surface area contributed by atoms with Crippen molar-refractivity contribution in [3.63, 3.8) is 0 Å². The van der Waals surface area contributed by atoms with Crippen molar-refractivity contribution in [2.45, 2.75) is 18.9 Å².